The van der Waals surface area contributed by atoms with Crippen molar-refractivity contribution in [2.45, 2.75) is 18.4 Å². The van der Waals surface area contributed by atoms with E-state index in [0.29, 0.717) is 5.56 Å². The van der Waals surface area contributed by atoms with Gasteiger partial charge in [-0.05, 0) is 30.5 Å². The summed E-state index contributed by atoms with van der Waals surface area (Å²) in [7, 11) is 0. The number of nitrogens with zero attached hydrogens (tertiary/aromatic N) is 1. The molecule has 1 saturated carbocycles. The lowest BCUT2D eigenvalue weighted by molar-refractivity contribution is 0.0930. The Balaban J connectivity index is 1.80. The maximum atomic E-state index is 12.1. The van der Waals surface area contributed by atoms with Crippen LogP contribution in [0.15, 0.2) is 54.9 Å². The zero-order valence-corrected chi connectivity index (χ0v) is 9.97. The summed E-state index contributed by atoms with van der Waals surface area (Å²) in [6.07, 6.45) is 5.29. The lowest BCUT2D eigenvalue weighted by Gasteiger charge is -2.17. The molecule has 1 aliphatic carbocycles. The van der Waals surface area contributed by atoms with Crippen molar-refractivity contribution in [3.05, 3.63) is 66.0 Å². The number of aromatic nitrogens is 1. The molecule has 90 valence electrons. The maximum Gasteiger partial charge on any atom is 0.252 e. The summed E-state index contributed by atoms with van der Waals surface area (Å²) in [4.78, 5) is 16.1. The Morgan fingerprint density at radius 3 is 2.33 bits per heavy atom. The first-order chi connectivity index (χ1) is 8.80. The molecule has 1 aliphatic rings. The van der Waals surface area contributed by atoms with Gasteiger partial charge < -0.3 is 5.32 Å². The molecule has 18 heavy (non-hydrogen) atoms. The summed E-state index contributed by atoms with van der Waals surface area (Å²) in [5, 5.41) is 3.13. The molecule has 1 N–H and O–H groups in total. The van der Waals surface area contributed by atoms with Crippen LogP contribution in [0.5, 0.6) is 0 Å². The fourth-order valence-electron chi connectivity index (χ4n) is 2.16. The molecule has 2 aromatic rings. The minimum Gasteiger partial charge on any atom is -0.343 e. The number of benzene rings is 1. The molecule has 0 unspecified atom stereocenters. The van der Waals surface area contributed by atoms with Gasteiger partial charge in [0.2, 0.25) is 0 Å². The van der Waals surface area contributed by atoms with Crippen LogP contribution in [-0.4, -0.2) is 10.9 Å². The Hall–Kier alpha value is -2.16. The van der Waals surface area contributed by atoms with Crippen molar-refractivity contribution in [1.29, 1.82) is 0 Å². The first-order valence-electron chi connectivity index (χ1n) is 6.08. The molecule has 1 aromatic carbocycles. The monoisotopic (exact) mass is 238 g/mol. The average molecular weight is 238 g/mol. The topological polar surface area (TPSA) is 42.0 Å². The Morgan fingerprint density at radius 2 is 1.72 bits per heavy atom. The molecule has 0 atom stereocenters. The molecule has 1 heterocycles. The van der Waals surface area contributed by atoms with Crippen LogP contribution in [-0.2, 0) is 5.54 Å². The van der Waals surface area contributed by atoms with E-state index < -0.39 is 0 Å². The molecule has 3 rings (SSSR count). The SMILES string of the molecule is O=C(NC1(c2ccccc2)CC1)c1ccncc1. The van der Waals surface area contributed by atoms with Crippen LogP contribution in [0.25, 0.3) is 0 Å². The van der Waals surface area contributed by atoms with Crippen molar-refractivity contribution >= 4 is 5.91 Å². The summed E-state index contributed by atoms with van der Waals surface area (Å²) in [6, 6.07) is 13.6. The fraction of sp³-hybridized carbons (Fsp3) is 0.200. The number of amides is 1. The van der Waals surface area contributed by atoms with Crippen LogP contribution in [0, 0.1) is 0 Å². The third-order valence-electron chi connectivity index (χ3n) is 3.37. The molecular weight excluding hydrogens is 224 g/mol. The number of rotatable bonds is 3. The second kappa shape index (κ2) is 4.26. The zero-order valence-electron chi connectivity index (χ0n) is 9.97. The van der Waals surface area contributed by atoms with Crippen LogP contribution in [0.3, 0.4) is 0 Å². The number of carbonyl (C=O) groups excluding carboxylic acids is 1. The van der Waals surface area contributed by atoms with E-state index in [0.717, 1.165) is 12.8 Å². The molecule has 0 spiro atoms. The molecule has 0 aliphatic heterocycles. The largest absolute Gasteiger partial charge is 0.343 e. The van der Waals surface area contributed by atoms with E-state index in [1.807, 2.05) is 18.2 Å². The van der Waals surface area contributed by atoms with Crippen molar-refractivity contribution in [3.63, 3.8) is 0 Å². The lowest BCUT2D eigenvalue weighted by atomic mass is 10.0. The van der Waals surface area contributed by atoms with Gasteiger partial charge in [-0.25, -0.2) is 0 Å². The van der Waals surface area contributed by atoms with Crippen molar-refractivity contribution in [3.8, 4) is 0 Å². The van der Waals surface area contributed by atoms with Gasteiger partial charge in [-0.3, -0.25) is 9.78 Å². The minimum atomic E-state index is -0.151. The maximum absolute atomic E-state index is 12.1. The van der Waals surface area contributed by atoms with Gasteiger partial charge in [-0.1, -0.05) is 30.3 Å². The van der Waals surface area contributed by atoms with E-state index in [2.05, 4.69) is 22.4 Å². The smallest absolute Gasteiger partial charge is 0.252 e. The summed E-state index contributed by atoms with van der Waals surface area (Å²) in [5.41, 5.74) is 1.70. The molecule has 1 fully saturated rings. The minimum absolute atomic E-state index is 0.0289. The normalized spacial score (nSPS) is 16.0. The van der Waals surface area contributed by atoms with E-state index in [4.69, 9.17) is 0 Å². The highest BCUT2D eigenvalue weighted by molar-refractivity contribution is 5.94. The van der Waals surface area contributed by atoms with Gasteiger partial charge in [0.15, 0.2) is 0 Å². The predicted molar refractivity (Wildman–Crippen MR) is 69.1 cm³/mol. The second-order valence-corrected chi connectivity index (χ2v) is 4.64. The molecule has 0 saturated heterocycles. The van der Waals surface area contributed by atoms with E-state index in [1.54, 1.807) is 24.5 Å². The highest BCUT2D eigenvalue weighted by Crippen LogP contribution is 2.45. The molecule has 0 bridgehead atoms. The van der Waals surface area contributed by atoms with E-state index >= 15 is 0 Å². The van der Waals surface area contributed by atoms with Crippen molar-refractivity contribution < 1.29 is 4.79 Å². The van der Waals surface area contributed by atoms with Crippen LogP contribution in [0.1, 0.15) is 28.8 Å². The van der Waals surface area contributed by atoms with Crippen LogP contribution in [0.2, 0.25) is 0 Å². The highest BCUT2D eigenvalue weighted by atomic mass is 16.1. The van der Waals surface area contributed by atoms with E-state index in [-0.39, 0.29) is 11.4 Å². The van der Waals surface area contributed by atoms with Crippen LogP contribution in [0.4, 0.5) is 0 Å². The van der Waals surface area contributed by atoms with Gasteiger partial charge in [0, 0.05) is 18.0 Å². The second-order valence-electron chi connectivity index (χ2n) is 4.64. The third-order valence-corrected chi connectivity index (χ3v) is 3.37. The van der Waals surface area contributed by atoms with Crippen molar-refractivity contribution in [2.75, 3.05) is 0 Å². The molecule has 0 radical (unpaired) electrons. The average Bonchev–Trinajstić information content (AvgIpc) is 3.22. The van der Waals surface area contributed by atoms with E-state index in [9.17, 15) is 4.79 Å². The van der Waals surface area contributed by atoms with Gasteiger partial charge in [-0.2, -0.15) is 0 Å². The van der Waals surface area contributed by atoms with Crippen molar-refractivity contribution in [1.82, 2.24) is 10.3 Å². The van der Waals surface area contributed by atoms with Crippen molar-refractivity contribution in [2.24, 2.45) is 0 Å². The van der Waals surface area contributed by atoms with Gasteiger partial charge in [0.25, 0.3) is 5.91 Å². The molecule has 1 amide bonds. The quantitative estimate of drug-likeness (QED) is 0.892. The summed E-state index contributed by atoms with van der Waals surface area (Å²) in [6.45, 7) is 0. The van der Waals surface area contributed by atoms with E-state index in [1.165, 1.54) is 5.56 Å². The lowest BCUT2D eigenvalue weighted by Crippen LogP contribution is -2.34. The number of hydrogen-bond donors (Lipinski definition) is 1. The number of carbonyl (C=O) groups is 1. The number of hydrogen-bond acceptors (Lipinski definition) is 2. The molecule has 1 aromatic heterocycles. The summed E-state index contributed by atoms with van der Waals surface area (Å²) < 4.78 is 0. The summed E-state index contributed by atoms with van der Waals surface area (Å²) >= 11 is 0. The zero-order chi connectivity index (χ0) is 12.4. The first kappa shape index (κ1) is 11.0. The van der Waals surface area contributed by atoms with Gasteiger partial charge in [0.05, 0.1) is 5.54 Å². The Labute approximate surface area is 106 Å². The van der Waals surface area contributed by atoms with Crippen LogP contribution >= 0.6 is 0 Å². The summed E-state index contributed by atoms with van der Waals surface area (Å²) in [5.74, 6) is -0.0289. The molecule has 3 nitrogen and oxygen atoms in total. The predicted octanol–water partition coefficient (Wildman–Crippen LogP) is 2.50. The van der Waals surface area contributed by atoms with Gasteiger partial charge in [-0.15, -0.1) is 0 Å². The van der Waals surface area contributed by atoms with Gasteiger partial charge in [0.1, 0.15) is 0 Å². The fourth-order valence-corrected chi connectivity index (χ4v) is 2.16. The standard InChI is InChI=1S/C15H14N2O/c18-14(12-6-10-16-11-7-12)17-15(8-9-15)13-4-2-1-3-5-13/h1-7,10-11H,8-9H2,(H,17,18). The highest BCUT2D eigenvalue weighted by Gasteiger charge is 2.45. The van der Waals surface area contributed by atoms with Gasteiger partial charge >= 0.3 is 0 Å². The Kier molecular flexibility index (Phi) is 2.59. The third kappa shape index (κ3) is 1.99. The number of pyridine rings is 1. The number of nitrogens with one attached hydrogen (secondary N) is 1. The van der Waals surface area contributed by atoms with Crippen LogP contribution < -0.4 is 5.32 Å². The Bertz CT molecular complexity index is 547. The Morgan fingerprint density at radius 1 is 1.06 bits per heavy atom. The molecule has 3 heteroatoms. The first-order valence-corrected chi connectivity index (χ1v) is 6.08. The molecular formula is C15H14N2O.